The van der Waals surface area contributed by atoms with E-state index >= 15 is 0 Å². The number of nitrogens with zero attached hydrogens (tertiary/aromatic N) is 1. The number of aromatic nitrogens is 1. The average molecular weight is 337 g/mol. The van der Waals surface area contributed by atoms with Crippen LogP contribution in [0.1, 0.15) is 16.1 Å². The molecule has 4 rings (SSSR count). The Balaban J connectivity index is 2.00. The van der Waals surface area contributed by atoms with Crippen LogP contribution in [0, 0.1) is 0 Å². The van der Waals surface area contributed by atoms with Gasteiger partial charge in [-0.3, -0.25) is 4.79 Å². The number of carbonyl (C=O) groups excluding carboxylic acids is 1. The number of Topliss-reactive ketones (excluding diaryl/α,β-unsaturated/α-hetero) is 1. The molecule has 2 aromatic carbocycles. The molecular formula is C19H15NO3S. The molecule has 0 spiro atoms. The topological polar surface area (TPSA) is 51.5 Å². The molecule has 120 valence electrons. The van der Waals surface area contributed by atoms with Crippen LogP contribution in [0.5, 0.6) is 5.75 Å². The molecule has 1 aliphatic heterocycles. The molecule has 1 atom stereocenters. The highest BCUT2D eigenvalue weighted by atomic mass is 32.2. The number of hydrogen-bond donors (Lipinski definition) is 1. The van der Waals surface area contributed by atoms with Gasteiger partial charge in [0.05, 0.1) is 28.3 Å². The molecule has 1 aliphatic rings. The minimum atomic E-state index is -1.31. The van der Waals surface area contributed by atoms with E-state index in [4.69, 9.17) is 4.74 Å². The van der Waals surface area contributed by atoms with E-state index in [0.29, 0.717) is 21.9 Å². The molecule has 0 aliphatic carbocycles. The standard InChI is InChI=1S/C19H15NO3S/c1-23-14-10-8-13(9-11-14)19-18(21)16-6-4-12-20(16)15-5-2-3-7-17(15)24(19)22/h2-12,22H,1H3. The maximum absolute atomic E-state index is 13.1. The molecule has 5 heteroatoms. The normalized spacial score (nSPS) is 16.3. The van der Waals surface area contributed by atoms with E-state index in [-0.39, 0.29) is 5.78 Å². The second-order valence-electron chi connectivity index (χ2n) is 5.40. The van der Waals surface area contributed by atoms with Crippen LogP contribution in [0.3, 0.4) is 0 Å². The highest BCUT2D eigenvalue weighted by Crippen LogP contribution is 2.36. The Labute approximate surface area is 142 Å². The zero-order chi connectivity index (χ0) is 16.7. The molecular weight excluding hydrogens is 322 g/mol. The van der Waals surface area contributed by atoms with E-state index in [1.54, 1.807) is 25.3 Å². The first-order valence-electron chi connectivity index (χ1n) is 7.47. The summed E-state index contributed by atoms with van der Waals surface area (Å²) in [4.78, 5) is 14.2. The number of carbonyl (C=O) groups is 1. The third-order valence-corrected chi connectivity index (χ3v) is 5.64. The van der Waals surface area contributed by atoms with Gasteiger partial charge in [-0.05, 0) is 64.9 Å². The van der Waals surface area contributed by atoms with E-state index in [0.717, 1.165) is 10.6 Å². The third kappa shape index (κ3) is 2.21. The van der Waals surface area contributed by atoms with Crippen molar-refractivity contribution in [3.05, 3.63) is 78.1 Å². The van der Waals surface area contributed by atoms with Crippen LogP contribution in [0.2, 0.25) is 0 Å². The van der Waals surface area contributed by atoms with Crippen molar-refractivity contribution >= 4 is 21.4 Å². The van der Waals surface area contributed by atoms with Gasteiger partial charge in [-0.15, -0.1) is 0 Å². The molecule has 1 aromatic heterocycles. The Morgan fingerprint density at radius 1 is 1.00 bits per heavy atom. The third-order valence-electron chi connectivity index (χ3n) is 4.07. The fourth-order valence-electron chi connectivity index (χ4n) is 2.89. The molecule has 0 radical (unpaired) electrons. The molecule has 0 saturated heterocycles. The summed E-state index contributed by atoms with van der Waals surface area (Å²) in [5, 5.41) is 0. The number of ketones is 1. The minimum absolute atomic E-state index is 0.160. The lowest BCUT2D eigenvalue weighted by Gasteiger charge is -2.10. The lowest BCUT2D eigenvalue weighted by molar-refractivity contribution is 0.106. The Kier molecular flexibility index (Phi) is 3.59. The van der Waals surface area contributed by atoms with E-state index in [1.165, 1.54) is 0 Å². The summed E-state index contributed by atoms with van der Waals surface area (Å²) in [5.41, 5.74) is 2.09. The van der Waals surface area contributed by atoms with Gasteiger partial charge in [-0.1, -0.05) is 12.1 Å². The van der Waals surface area contributed by atoms with E-state index in [1.807, 2.05) is 53.2 Å². The number of fused-ring (bicyclic) bond motifs is 3. The predicted octanol–water partition coefficient (Wildman–Crippen LogP) is 4.00. The van der Waals surface area contributed by atoms with Crippen LogP contribution >= 0.6 is 10.8 Å². The van der Waals surface area contributed by atoms with Gasteiger partial charge in [0.15, 0.2) is 0 Å². The Morgan fingerprint density at radius 3 is 2.50 bits per heavy atom. The fraction of sp³-hybridized carbons (Fsp3) is 0.0526. The lowest BCUT2D eigenvalue weighted by atomic mass is 10.1. The average Bonchev–Trinajstić information content (AvgIpc) is 3.09. The van der Waals surface area contributed by atoms with Gasteiger partial charge in [0, 0.05) is 6.20 Å². The number of para-hydroxylation sites is 1. The molecule has 4 nitrogen and oxygen atoms in total. The SMILES string of the molecule is COc1ccc(C2=S(O)c3ccccc3-n3cccc3C2=O)cc1. The second-order valence-corrected chi connectivity index (χ2v) is 6.82. The molecule has 1 unspecified atom stereocenters. The number of benzene rings is 2. The highest BCUT2D eigenvalue weighted by Gasteiger charge is 2.27. The van der Waals surface area contributed by atoms with Crippen molar-refractivity contribution in [3.63, 3.8) is 0 Å². The maximum atomic E-state index is 13.1. The molecule has 0 saturated carbocycles. The van der Waals surface area contributed by atoms with Crippen molar-refractivity contribution in [2.24, 2.45) is 0 Å². The summed E-state index contributed by atoms with van der Waals surface area (Å²) in [6.07, 6.45) is 1.85. The smallest absolute Gasteiger partial charge is 0.218 e. The van der Waals surface area contributed by atoms with Crippen LogP contribution in [0.15, 0.2) is 71.8 Å². The molecule has 0 amide bonds. The van der Waals surface area contributed by atoms with Gasteiger partial charge in [0.1, 0.15) is 5.75 Å². The quantitative estimate of drug-likeness (QED) is 0.719. The zero-order valence-electron chi connectivity index (χ0n) is 13.0. The molecule has 2 heterocycles. The number of hydrogen-bond acceptors (Lipinski definition) is 3. The van der Waals surface area contributed by atoms with Crippen LogP contribution in [0.25, 0.3) is 5.69 Å². The fourth-order valence-corrected chi connectivity index (χ4v) is 4.33. The molecule has 0 fully saturated rings. The maximum Gasteiger partial charge on any atom is 0.218 e. The summed E-state index contributed by atoms with van der Waals surface area (Å²) in [7, 11) is 0.287. The van der Waals surface area contributed by atoms with Gasteiger partial charge in [-0.25, -0.2) is 0 Å². The summed E-state index contributed by atoms with van der Waals surface area (Å²) >= 11 is 0. The summed E-state index contributed by atoms with van der Waals surface area (Å²) in [5.74, 6) is 0.550. The van der Waals surface area contributed by atoms with Crippen molar-refractivity contribution in [1.29, 1.82) is 0 Å². The molecule has 3 aromatic rings. The number of methoxy groups -OCH3 is 1. The Hall–Kier alpha value is -2.63. The van der Waals surface area contributed by atoms with Crippen LogP contribution in [-0.4, -0.2) is 26.9 Å². The zero-order valence-corrected chi connectivity index (χ0v) is 13.8. The van der Waals surface area contributed by atoms with Gasteiger partial charge in [0.25, 0.3) is 0 Å². The minimum Gasteiger partial charge on any atom is -0.497 e. The first-order chi connectivity index (χ1) is 11.7. The van der Waals surface area contributed by atoms with Gasteiger partial charge < -0.3 is 13.9 Å². The summed E-state index contributed by atoms with van der Waals surface area (Å²) < 4.78 is 18.0. The summed E-state index contributed by atoms with van der Waals surface area (Å²) in [6, 6.07) is 18.4. The highest BCUT2D eigenvalue weighted by molar-refractivity contribution is 8.12. The van der Waals surface area contributed by atoms with E-state index in [9.17, 15) is 9.35 Å². The van der Waals surface area contributed by atoms with Crippen LogP contribution in [-0.2, 0) is 0 Å². The van der Waals surface area contributed by atoms with Crippen LogP contribution < -0.4 is 4.74 Å². The predicted molar refractivity (Wildman–Crippen MR) is 95.7 cm³/mol. The lowest BCUT2D eigenvalue weighted by Crippen LogP contribution is -2.17. The van der Waals surface area contributed by atoms with Crippen molar-refractivity contribution in [2.75, 3.05) is 7.11 Å². The molecule has 24 heavy (non-hydrogen) atoms. The first-order valence-corrected chi connectivity index (χ1v) is 8.65. The Morgan fingerprint density at radius 2 is 1.75 bits per heavy atom. The summed E-state index contributed by atoms with van der Waals surface area (Å²) in [6.45, 7) is 0. The van der Waals surface area contributed by atoms with Gasteiger partial charge >= 0.3 is 0 Å². The number of rotatable bonds is 2. The van der Waals surface area contributed by atoms with E-state index < -0.39 is 10.8 Å². The Bertz CT molecular complexity index is 970. The van der Waals surface area contributed by atoms with E-state index in [2.05, 4.69) is 0 Å². The molecule has 1 N–H and O–H groups in total. The van der Waals surface area contributed by atoms with Gasteiger partial charge in [0.2, 0.25) is 5.78 Å². The number of ether oxygens (including phenoxy) is 1. The van der Waals surface area contributed by atoms with Crippen molar-refractivity contribution < 1.29 is 14.1 Å². The van der Waals surface area contributed by atoms with Crippen molar-refractivity contribution in [1.82, 2.24) is 4.57 Å². The van der Waals surface area contributed by atoms with Crippen molar-refractivity contribution in [2.45, 2.75) is 4.90 Å². The second kappa shape index (κ2) is 5.78. The van der Waals surface area contributed by atoms with Crippen LogP contribution in [0.4, 0.5) is 0 Å². The first kappa shape index (κ1) is 14.9. The molecule has 0 bridgehead atoms. The van der Waals surface area contributed by atoms with Gasteiger partial charge in [-0.2, -0.15) is 0 Å². The monoisotopic (exact) mass is 337 g/mol. The van der Waals surface area contributed by atoms with Crippen molar-refractivity contribution in [3.8, 4) is 11.4 Å². The largest absolute Gasteiger partial charge is 0.497 e.